The second kappa shape index (κ2) is 6.15. The van der Waals surface area contributed by atoms with E-state index in [1.807, 2.05) is 44.2 Å². The molecule has 0 aliphatic rings. The van der Waals surface area contributed by atoms with Gasteiger partial charge in [0, 0.05) is 12.7 Å². The van der Waals surface area contributed by atoms with Crippen molar-refractivity contribution in [3.05, 3.63) is 59.9 Å². The smallest absolute Gasteiger partial charge is 0.243 e. The minimum absolute atomic E-state index is 0.286. The molecule has 0 amide bonds. The van der Waals surface area contributed by atoms with E-state index in [-0.39, 0.29) is 6.54 Å². The van der Waals surface area contributed by atoms with Crippen LogP contribution >= 0.6 is 0 Å². The second-order valence-electron chi connectivity index (χ2n) is 4.52. The molecule has 0 fully saturated rings. The van der Waals surface area contributed by atoms with E-state index < -0.39 is 10.0 Å². The SMILES string of the molecule is CCN(Cc1ccccn1)S(=O)(=O)c1ccccc1C. The molecule has 0 aliphatic carbocycles. The molecular formula is C15H18N2O2S. The van der Waals surface area contributed by atoms with Crippen LogP contribution in [0.3, 0.4) is 0 Å². The Morgan fingerprint density at radius 3 is 2.40 bits per heavy atom. The summed E-state index contributed by atoms with van der Waals surface area (Å²) >= 11 is 0. The van der Waals surface area contributed by atoms with Gasteiger partial charge in [0.15, 0.2) is 0 Å². The lowest BCUT2D eigenvalue weighted by Crippen LogP contribution is -2.31. The summed E-state index contributed by atoms with van der Waals surface area (Å²) in [5.74, 6) is 0. The van der Waals surface area contributed by atoms with E-state index in [1.165, 1.54) is 4.31 Å². The number of nitrogens with zero attached hydrogens (tertiary/aromatic N) is 2. The van der Waals surface area contributed by atoms with E-state index in [0.29, 0.717) is 11.4 Å². The van der Waals surface area contributed by atoms with Crippen molar-refractivity contribution in [2.75, 3.05) is 6.54 Å². The van der Waals surface area contributed by atoms with Gasteiger partial charge in [-0.2, -0.15) is 4.31 Å². The molecule has 0 spiro atoms. The Labute approximate surface area is 120 Å². The van der Waals surface area contributed by atoms with Crippen LogP contribution in [-0.2, 0) is 16.6 Å². The summed E-state index contributed by atoms with van der Waals surface area (Å²) in [6, 6.07) is 12.5. The average molecular weight is 290 g/mol. The van der Waals surface area contributed by atoms with Crippen molar-refractivity contribution in [3.8, 4) is 0 Å². The van der Waals surface area contributed by atoms with Crippen LogP contribution < -0.4 is 0 Å². The predicted molar refractivity (Wildman–Crippen MR) is 78.7 cm³/mol. The topological polar surface area (TPSA) is 50.3 Å². The average Bonchev–Trinajstić information content (AvgIpc) is 2.46. The van der Waals surface area contributed by atoms with Gasteiger partial charge in [-0.05, 0) is 30.7 Å². The Balaban J connectivity index is 2.34. The molecule has 106 valence electrons. The number of sulfonamides is 1. The van der Waals surface area contributed by atoms with E-state index >= 15 is 0 Å². The first-order valence-corrected chi connectivity index (χ1v) is 7.95. The summed E-state index contributed by atoms with van der Waals surface area (Å²) < 4.78 is 26.8. The molecule has 0 bridgehead atoms. The van der Waals surface area contributed by atoms with Crippen molar-refractivity contribution in [3.63, 3.8) is 0 Å². The molecule has 1 aromatic heterocycles. The number of aryl methyl sites for hydroxylation is 1. The first kappa shape index (κ1) is 14.7. The first-order valence-electron chi connectivity index (χ1n) is 6.51. The molecule has 20 heavy (non-hydrogen) atoms. The van der Waals surface area contributed by atoms with Crippen molar-refractivity contribution >= 4 is 10.0 Å². The fourth-order valence-electron chi connectivity index (χ4n) is 2.02. The lowest BCUT2D eigenvalue weighted by molar-refractivity contribution is 0.418. The van der Waals surface area contributed by atoms with Crippen LogP contribution in [0.25, 0.3) is 0 Å². The zero-order valence-electron chi connectivity index (χ0n) is 11.7. The summed E-state index contributed by atoms with van der Waals surface area (Å²) in [6.45, 7) is 4.33. The fraction of sp³-hybridized carbons (Fsp3) is 0.267. The zero-order valence-corrected chi connectivity index (χ0v) is 12.5. The van der Waals surface area contributed by atoms with Gasteiger partial charge in [0.05, 0.1) is 17.1 Å². The fourth-order valence-corrected chi connectivity index (χ4v) is 3.67. The normalized spacial score (nSPS) is 11.8. The summed E-state index contributed by atoms with van der Waals surface area (Å²) in [7, 11) is -3.49. The number of aromatic nitrogens is 1. The van der Waals surface area contributed by atoms with Gasteiger partial charge in [-0.25, -0.2) is 8.42 Å². The van der Waals surface area contributed by atoms with E-state index in [9.17, 15) is 8.42 Å². The van der Waals surface area contributed by atoms with Crippen molar-refractivity contribution in [1.29, 1.82) is 0 Å². The molecule has 0 saturated carbocycles. The molecule has 0 saturated heterocycles. The molecule has 0 N–H and O–H groups in total. The maximum atomic E-state index is 12.7. The highest BCUT2D eigenvalue weighted by atomic mass is 32.2. The Kier molecular flexibility index (Phi) is 4.52. The minimum Gasteiger partial charge on any atom is -0.260 e. The first-order chi connectivity index (χ1) is 9.55. The third kappa shape index (κ3) is 3.05. The lowest BCUT2D eigenvalue weighted by atomic mass is 10.2. The molecule has 0 aliphatic heterocycles. The molecule has 2 aromatic rings. The van der Waals surface area contributed by atoms with Crippen LogP contribution in [0.2, 0.25) is 0 Å². The molecule has 1 heterocycles. The van der Waals surface area contributed by atoms with Gasteiger partial charge >= 0.3 is 0 Å². The van der Waals surface area contributed by atoms with Crippen LogP contribution in [0.15, 0.2) is 53.6 Å². The van der Waals surface area contributed by atoms with Crippen LogP contribution in [0.4, 0.5) is 0 Å². The molecular weight excluding hydrogens is 272 g/mol. The van der Waals surface area contributed by atoms with Gasteiger partial charge < -0.3 is 0 Å². The van der Waals surface area contributed by atoms with Crippen LogP contribution in [-0.4, -0.2) is 24.3 Å². The number of hydrogen-bond donors (Lipinski definition) is 0. The standard InChI is InChI=1S/C15H18N2O2S/c1-3-17(12-14-9-6-7-11-16-14)20(18,19)15-10-5-4-8-13(15)2/h4-11H,3,12H2,1-2H3. The second-order valence-corrected chi connectivity index (χ2v) is 6.42. The van der Waals surface area contributed by atoms with Crippen LogP contribution in [0.5, 0.6) is 0 Å². The third-order valence-electron chi connectivity index (χ3n) is 3.13. The predicted octanol–water partition coefficient (Wildman–Crippen LogP) is 2.60. The van der Waals surface area contributed by atoms with E-state index in [4.69, 9.17) is 0 Å². The molecule has 1 aromatic carbocycles. The maximum Gasteiger partial charge on any atom is 0.243 e. The minimum atomic E-state index is -3.49. The van der Waals surface area contributed by atoms with Crippen molar-refractivity contribution < 1.29 is 8.42 Å². The van der Waals surface area contributed by atoms with Crippen molar-refractivity contribution in [2.45, 2.75) is 25.3 Å². The van der Waals surface area contributed by atoms with Crippen molar-refractivity contribution in [1.82, 2.24) is 9.29 Å². The van der Waals surface area contributed by atoms with Crippen LogP contribution in [0, 0.1) is 6.92 Å². The maximum absolute atomic E-state index is 12.7. The van der Waals surface area contributed by atoms with E-state index in [2.05, 4.69) is 4.98 Å². The summed E-state index contributed by atoms with van der Waals surface area (Å²) in [4.78, 5) is 4.55. The monoisotopic (exact) mass is 290 g/mol. The Morgan fingerprint density at radius 2 is 1.80 bits per heavy atom. The molecule has 2 rings (SSSR count). The quantitative estimate of drug-likeness (QED) is 0.850. The number of pyridine rings is 1. The largest absolute Gasteiger partial charge is 0.260 e. The molecule has 5 heteroatoms. The molecule has 0 radical (unpaired) electrons. The third-order valence-corrected chi connectivity index (χ3v) is 5.21. The Bertz CT molecular complexity index is 669. The lowest BCUT2D eigenvalue weighted by Gasteiger charge is -2.21. The van der Waals surface area contributed by atoms with Gasteiger partial charge in [0.1, 0.15) is 0 Å². The highest BCUT2D eigenvalue weighted by Crippen LogP contribution is 2.20. The number of rotatable bonds is 5. The highest BCUT2D eigenvalue weighted by Gasteiger charge is 2.24. The summed E-state index contributed by atoms with van der Waals surface area (Å²) in [6.07, 6.45) is 1.67. The van der Waals surface area contributed by atoms with E-state index in [0.717, 1.165) is 11.3 Å². The van der Waals surface area contributed by atoms with Gasteiger partial charge in [-0.15, -0.1) is 0 Å². The van der Waals surface area contributed by atoms with Crippen LogP contribution in [0.1, 0.15) is 18.2 Å². The Morgan fingerprint density at radius 1 is 1.10 bits per heavy atom. The van der Waals surface area contributed by atoms with Gasteiger partial charge in [-0.3, -0.25) is 4.98 Å². The summed E-state index contributed by atoms with van der Waals surface area (Å²) in [5, 5.41) is 0. The molecule has 0 unspecified atom stereocenters. The van der Waals surface area contributed by atoms with E-state index in [1.54, 1.807) is 18.3 Å². The number of hydrogen-bond acceptors (Lipinski definition) is 3. The molecule has 4 nitrogen and oxygen atoms in total. The van der Waals surface area contributed by atoms with Crippen molar-refractivity contribution in [2.24, 2.45) is 0 Å². The van der Waals surface area contributed by atoms with Gasteiger partial charge in [-0.1, -0.05) is 31.2 Å². The summed E-state index contributed by atoms with van der Waals surface area (Å²) in [5.41, 5.74) is 1.50. The van der Waals surface area contributed by atoms with Gasteiger partial charge in [0.2, 0.25) is 10.0 Å². The highest BCUT2D eigenvalue weighted by molar-refractivity contribution is 7.89. The van der Waals surface area contributed by atoms with Gasteiger partial charge in [0.25, 0.3) is 0 Å². The Hall–Kier alpha value is -1.72. The molecule has 0 atom stereocenters. The zero-order chi connectivity index (χ0) is 14.6. The number of benzene rings is 1.